The first-order valence-corrected chi connectivity index (χ1v) is 5.15. The molecular formula is C10H22N2O2. The molecule has 0 aliphatic carbocycles. The molecule has 0 heterocycles. The highest BCUT2D eigenvalue weighted by Crippen LogP contribution is 1.98. The maximum Gasteiger partial charge on any atom is 0.236 e. The van der Waals surface area contributed by atoms with Crippen molar-refractivity contribution < 1.29 is 9.53 Å². The zero-order chi connectivity index (χ0) is 11.0. The van der Waals surface area contributed by atoms with Crippen molar-refractivity contribution in [3.8, 4) is 0 Å². The fourth-order valence-electron chi connectivity index (χ4n) is 0.828. The summed E-state index contributed by atoms with van der Waals surface area (Å²) in [6.45, 7) is 7.83. The van der Waals surface area contributed by atoms with Crippen LogP contribution in [-0.2, 0) is 9.53 Å². The first kappa shape index (κ1) is 13.4. The number of hydrogen-bond acceptors (Lipinski definition) is 3. The van der Waals surface area contributed by atoms with Crippen LogP contribution in [0.5, 0.6) is 0 Å². The predicted octanol–water partition coefficient (Wildman–Crippen LogP) is 0.513. The fourth-order valence-corrected chi connectivity index (χ4v) is 0.828. The minimum absolute atomic E-state index is 0.127. The van der Waals surface area contributed by atoms with Crippen LogP contribution in [0.15, 0.2) is 0 Å². The number of carbonyl (C=O) groups excluding carboxylic acids is 1. The van der Waals surface area contributed by atoms with Gasteiger partial charge in [-0.25, -0.2) is 0 Å². The summed E-state index contributed by atoms with van der Waals surface area (Å²) in [5.41, 5.74) is 5.36. The van der Waals surface area contributed by atoms with Gasteiger partial charge in [0.15, 0.2) is 0 Å². The summed E-state index contributed by atoms with van der Waals surface area (Å²) >= 11 is 0. The van der Waals surface area contributed by atoms with Crippen LogP contribution in [0.3, 0.4) is 0 Å². The van der Waals surface area contributed by atoms with E-state index >= 15 is 0 Å². The summed E-state index contributed by atoms with van der Waals surface area (Å²) in [5.74, 6) is 0.533. The quantitative estimate of drug-likeness (QED) is 0.591. The maximum atomic E-state index is 11.0. The molecule has 0 aliphatic rings. The van der Waals surface area contributed by atoms with Gasteiger partial charge in [-0.2, -0.15) is 0 Å². The van der Waals surface area contributed by atoms with Gasteiger partial charge in [-0.1, -0.05) is 13.8 Å². The van der Waals surface area contributed by atoms with E-state index in [0.29, 0.717) is 19.1 Å². The molecule has 0 rings (SSSR count). The highest BCUT2D eigenvalue weighted by molar-refractivity contribution is 5.80. The summed E-state index contributed by atoms with van der Waals surface area (Å²) in [7, 11) is 0. The van der Waals surface area contributed by atoms with E-state index in [-0.39, 0.29) is 5.91 Å². The molecule has 0 spiro atoms. The van der Waals surface area contributed by atoms with Gasteiger partial charge in [-0.05, 0) is 19.3 Å². The van der Waals surface area contributed by atoms with Crippen molar-refractivity contribution in [3.63, 3.8) is 0 Å². The van der Waals surface area contributed by atoms with Crippen LogP contribution < -0.4 is 11.1 Å². The third kappa shape index (κ3) is 8.01. The van der Waals surface area contributed by atoms with Gasteiger partial charge < -0.3 is 15.8 Å². The second-order valence-electron chi connectivity index (χ2n) is 3.87. The molecule has 1 atom stereocenters. The molecule has 0 fully saturated rings. The van der Waals surface area contributed by atoms with Crippen molar-refractivity contribution in [3.05, 3.63) is 0 Å². The third-order valence-electron chi connectivity index (χ3n) is 1.80. The second-order valence-corrected chi connectivity index (χ2v) is 3.87. The lowest BCUT2D eigenvalue weighted by molar-refractivity contribution is -0.122. The van der Waals surface area contributed by atoms with Gasteiger partial charge in [0.1, 0.15) is 0 Å². The highest BCUT2D eigenvalue weighted by atomic mass is 16.5. The van der Waals surface area contributed by atoms with Crippen LogP contribution in [0.4, 0.5) is 0 Å². The van der Waals surface area contributed by atoms with Crippen molar-refractivity contribution in [2.24, 2.45) is 11.7 Å². The van der Waals surface area contributed by atoms with E-state index in [1.54, 1.807) is 6.92 Å². The Kier molecular flexibility index (Phi) is 7.42. The first-order chi connectivity index (χ1) is 6.54. The lowest BCUT2D eigenvalue weighted by Gasteiger charge is -2.09. The van der Waals surface area contributed by atoms with Crippen LogP contribution >= 0.6 is 0 Å². The molecule has 14 heavy (non-hydrogen) atoms. The Balaban J connectivity index is 3.18. The lowest BCUT2D eigenvalue weighted by Crippen LogP contribution is -2.39. The van der Waals surface area contributed by atoms with Crippen molar-refractivity contribution in [2.45, 2.75) is 33.2 Å². The van der Waals surface area contributed by atoms with Gasteiger partial charge in [0.25, 0.3) is 0 Å². The maximum absolute atomic E-state index is 11.0. The second kappa shape index (κ2) is 7.76. The average molecular weight is 202 g/mol. The Morgan fingerprint density at radius 2 is 2.00 bits per heavy atom. The predicted molar refractivity (Wildman–Crippen MR) is 56.9 cm³/mol. The van der Waals surface area contributed by atoms with Crippen LogP contribution in [-0.4, -0.2) is 31.7 Å². The minimum Gasteiger partial charge on any atom is -0.380 e. The molecule has 3 N–H and O–H groups in total. The Morgan fingerprint density at radius 1 is 1.36 bits per heavy atom. The fraction of sp³-hybridized carbons (Fsp3) is 0.900. The molecule has 84 valence electrons. The van der Waals surface area contributed by atoms with Gasteiger partial charge in [0.2, 0.25) is 5.91 Å². The van der Waals surface area contributed by atoms with Crippen molar-refractivity contribution >= 4 is 5.91 Å². The normalized spacial score (nSPS) is 12.9. The minimum atomic E-state index is -0.439. The summed E-state index contributed by atoms with van der Waals surface area (Å²) in [4.78, 5) is 11.0. The third-order valence-corrected chi connectivity index (χ3v) is 1.80. The lowest BCUT2D eigenvalue weighted by atomic mass is 10.1. The van der Waals surface area contributed by atoms with Gasteiger partial charge in [0.05, 0.1) is 12.6 Å². The first-order valence-electron chi connectivity index (χ1n) is 5.15. The van der Waals surface area contributed by atoms with Crippen molar-refractivity contribution in [2.75, 3.05) is 19.8 Å². The number of rotatable bonds is 7. The number of nitrogens with one attached hydrogen (secondary N) is 1. The smallest absolute Gasteiger partial charge is 0.236 e. The van der Waals surface area contributed by atoms with Gasteiger partial charge in [-0.15, -0.1) is 0 Å². The topological polar surface area (TPSA) is 64.3 Å². The number of carbonyl (C=O) groups is 1. The number of ether oxygens (including phenoxy) is 1. The molecule has 0 aliphatic heterocycles. The van der Waals surface area contributed by atoms with Gasteiger partial charge >= 0.3 is 0 Å². The van der Waals surface area contributed by atoms with Crippen molar-refractivity contribution in [1.82, 2.24) is 5.32 Å². The molecule has 0 saturated heterocycles. The Hall–Kier alpha value is -0.610. The van der Waals surface area contributed by atoms with Gasteiger partial charge in [0, 0.05) is 13.2 Å². The monoisotopic (exact) mass is 202 g/mol. The Bertz CT molecular complexity index is 158. The number of amides is 1. The van der Waals surface area contributed by atoms with E-state index in [2.05, 4.69) is 19.2 Å². The van der Waals surface area contributed by atoms with E-state index < -0.39 is 6.04 Å². The molecule has 0 radical (unpaired) electrons. The van der Waals surface area contributed by atoms with Crippen LogP contribution in [0, 0.1) is 5.92 Å². The highest BCUT2D eigenvalue weighted by Gasteiger charge is 2.04. The van der Waals surface area contributed by atoms with Crippen LogP contribution in [0.1, 0.15) is 27.2 Å². The summed E-state index contributed by atoms with van der Waals surface area (Å²) in [5, 5.41) is 2.68. The van der Waals surface area contributed by atoms with E-state index in [9.17, 15) is 4.79 Å². The summed E-state index contributed by atoms with van der Waals surface area (Å²) < 4.78 is 5.32. The zero-order valence-corrected chi connectivity index (χ0v) is 9.38. The molecule has 0 unspecified atom stereocenters. The molecule has 0 saturated carbocycles. The molecule has 0 aromatic rings. The van der Waals surface area contributed by atoms with Crippen molar-refractivity contribution in [1.29, 1.82) is 0 Å². The number of nitrogens with two attached hydrogens (primary N) is 1. The largest absolute Gasteiger partial charge is 0.380 e. The average Bonchev–Trinajstić information content (AvgIpc) is 2.09. The standard InChI is InChI=1S/C10H22N2O2/c1-8(2)4-6-14-7-5-12-10(13)9(3)11/h8-9H,4-7,11H2,1-3H3,(H,12,13)/t9-/m1/s1. The van der Waals surface area contributed by atoms with E-state index in [0.717, 1.165) is 13.0 Å². The molecule has 4 nitrogen and oxygen atoms in total. The summed E-state index contributed by atoms with van der Waals surface area (Å²) in [6, 6.07) is -0.439. The zero-order valence-electron chi connectivity index (χ0n) is 9.38. The molecular weight excluding hydrogens is 180 g/mol. The molecule has 0 aromatic heterocycles. The number of hydrogen-bond donors (Lipinski definition) is 2. The SMILES string of the molecule is CC(C)CCOCCNC(=O)[C@@H](C)N. The Morgan fingerprint density at radius 3 is 2.50 bits per heavy atom. The molecule has 4 heteroatoms. The van der Waals surface area contributed by atoms with Gasteiger partial charge in [-0.3, -0.25) is 4.79 Å². The van der Waals surface area contributed by atoms with E-state index in [1.165, 1.54) is 0 Å². The molecule has 1 amide bonds. The molecule has 0 aromatic carbocycles. The Labute approximate surface area is 86.2 Å². The van der Waals surface area contributed by atoms with E-state index in [4.69, 9.17) is 10.5 Å². The van der Waals surface area contributed by atoms with Crippen LogP contribution in [0.25, 0.3) is 0 Å². The van der Waals surface area contributed by atoms with Crippen LogP contribution in [0.2, 0.25) is 0 Å². The molecule has 0 bridgehead atoms. The van der Waals surface area contributed by atoms with E-state index in [1.807, 2.05) is 0 Å². The summed E-state index contributed by atoms with van der Waals surface area (Å²) in [6.07, 6.45) is 1.06.